The summed E-state index contributed by atoms with van der Waals surface area (Å²) in [5.41, 5.74) is 7.37. The molecule has 1 aromatic carbocycles. The molecule has 0 atom stereocenters. The smallest absolute Gasteiger partial charge is 0.407 e. The third-order valence-corrected chi connectivity index (χ3v) is 3.00. The highest BCUT2D eigenvalue weighted by atomic mass is 16.5. The summed E-state index contributed by atoms with van der Waals surface area (Å²) in [6.45, 7) is 0.252. The normalized spacial score (nSPS) is 9.91. The maximum absolute atomic E-state index is 11.6. The Bertz CT molecular complexity index is 714. The summed E-state index contributed by atoms with van der Waals surface area (Å²) in [6.07, 6.45) is 2.97. The Balaban J connectivity index is 1.81. The minimum absolute atomic E-state index is 0.0238. The summed E-state index contributed by atoms with van der Waals surface area (Å²) < 4.78 is 5.03. The van der Waals surface area contributed by atoms with Crippen LogP contribution in [0.4, 0.5) is 4.79 Å². The molecule has 2 amide bonds. The highest BCUT2D eigenvalue weighted by Gasteiger charge is 2.06. The van der Waals surface area contributed by atoms with Gasteiger partial charge in [0.1, 0.15) is 12.9 Å². The standard InChI is InChI=1S/C16H15N3O4/c17-15(21)14-5-13(6-18-8-14)10-23-16(22)19-7-11-1-3-12(9-20)4-2-11/h1-6,8-9H,7,10H2,(H2,17,21)(H,19,22). The number of aromatic nitrogens is 1. The minimum atomic E-state index is -0.603. The zero-order valence-electron chi connectivity index (χ0n) is 12.2. The molecule has 0 aliphatic carbocycles. The second kappa shape index (κ2) is 7.69. The van der Waals surface area contributed by atoms with Crippen molar-refractivity contribution in [3.05, 3.63) is 65.0 Å². The van der Waals surface area contributed by atoms with Gasteiger partial charge in [0.2, 0.25) is 5.91 Å². The van der Waals surface area contributed by atoms with Crippen molar-refractivity contribution in [1.29, 1.82) is 0 Å². The van der Waals surface area contributed by atoms with Crippen LogP contribution in [0.5, 0.6) is 0 Å². The molecule has 1 heterocycles. The van der Waals surface area contributed by atoms with Gasteiger partial charge in [-0.15, -0.1) is 0 Å². The van der Waals surface area contributed by atoms with Crippen molar-refractivity contribution in [2.75, 3.05) is 0 Å². The summed E-state index contributed by atoms with van der Waals surface area (Å²) in [5, 5.41) is 2.58. The molecule has 0 bridgehead atoms. The van der Waals surface area contributed by atoms with E-state index in [1.807, 2.05) is 0 Å². The largest absolute Gasteiger partial charge is 0.445 e. The number of carbonyl (C=O) groups is 3. The first kappa shape index (κ1) is 16.2. The van der Waals surface area contributed by atoms with E-state index in [2.05, 4.69) is 10.3 Å². The van der Waals surface area contributed by atoms with Crippen LogP contribution in [-0.2, 0) is 17.9 Å². The van der Waals surface area contributed by atoms with Crippen molar-refractivity contribution in [2.45, 2.75) is 13.2 Å². The molecule has 0 fully saturated rings. The molecule has 0 aliphatic rings. The van der Waals surface area contributed by atoms with Crippen molar-refractivity contribution in [2.24, 2.45) is 5.73 Å². The molecule has 23 heavy (non-hydrogen) atoms. The number of nitrogens with one attached hydrogen (secondary N) is 1. The first-order chi connectivity index (χ1) is 11.1. The third-order valence-electron chi connectivity index (χ3n) is 3.00. The molecule has 0 saturated carbocycles. The van der Waals surface area contributed by atoms with Gasteiger partial charge in [-0.25, -0.2) is 4.79 Å². The Kier molecular flexibility index (Phi) is 5.40. The van der Waals surface area contributed by atoms with Crippen molar-refractivity contribution in [1.82, 2.24) is 10.3 Å². The summed E-state index contributed by atoms with van der Waals surface area (Å²) in [7, 11) is 0. The predicted molar refractivity (Wildman–Crippen MR) is 81.6 cm³/mol. The number of benzene rings is 1. The van der Waals surface area contributed by atoms with Crippen LogP contribution in [0.25, 0.3) is 0 Å². The lowest BCUT2D eigenvalue weighted by atomic mass is 10.1. The van der Waals surface area contributed by atoms with Crippen molar-refractivity contribution in [3.63, 3.8) is 0 Å². The molecular weight excluding hydrogens is 298 g/mol. The Hall–Kier alpha value is -3.22. The average molecular weight is 313 g/mol. The molecule has 0 aliphatic heterocycles. The quantitative estimate of drug-likeness (QED) is 0.783. The average Bonchev–Trinajstić information content (AvgIpc) is 2.58. The number of primary amides is 1. The lowest BCUT2D eigenvalue weighted by molar-refractivity contribution is 0.0999. The van der Waals surface area contributed by atoms with E-state index in [-0.39, 0.29) is 18.7 Å². The number of nitrogens with two attached hydrogens (primary N) is 1. The van der Waals surface area contributed by atoms with E-state index in [0.29, 0.717) is 11.1 Å². The molecule has 2 rings (SSSR count). The van der Waals surface area contributed by atoms with Crippen LogP contribution in [0.2, 0.25) is 0 Å². The number of ether oxygens (including phenoxy) is 1. The van der Waals surface area contributed by atoms with E-state index in [4.69, 9.17) is 10.5 Å². The monoisotopic (exact) mass is 313 g/mol. The molecule has 0 unspecified atom stereocenters. The SMILES string of the molecule is NC(=O)c1cncc(COC(=O)NCc2ccc(C=O)cc2)c1. The number of carbonyl (C=O) groups excluding carboxylic acids is 3. The second-order valence-corrected chi connectivity index (χ2v) is 4.74. The van der Waals surface area contributed by atoms with E-state index >= 15 is 0 Å². The second-order valence-electron chi connectivity index (χ2n) is 4.74. The Morgan fingerprint density at radius 2 is 1.91 bits per heavy atom. The van der Waals surface area contributed by atoms with Crippen LogP contribution in [-0.4, -0.2) is 23.3 Å². The third kappa shape index (κ3) is 4.92. The molecule has 2 aromatic rings. The number of amides is 2. The van der Waals surface area contributed by atoms with Gasteiger partial charge in [-0.1, -0.05) is 24.3 Å². The zero-order chi connectivity index (χ0) is 16.7. The van der Waals surface area contributed by atoms with E-state index in [9.17, 15) is 14.4 Å². The predicted octanol–water partition coefficient (Wildman–Crippen LogP) is 1.42. The number of hydrogen-bond acceptors (Lipinski definition) is 5. The number of hydrogen-bond donors (Lipinski definition) is 2. The van der Waals surface area contributed by atoms with E-state index in [1.165, 1.54) is 18.5 Å². The molecule has 7 nitrogen and oxygen atoms in total. The van der Waals surface area contributed by atoms with Crippen LogP contribution >= 0.6 is 0 Å². The van der Waals surface area contributed by atoms with Gasteiger partial charge in [0.25, 0.3) is 0 Å². The molecule has 0 saturated heterocycles. The summed E-state index contributed by atoms with van der Waals surface area (Å²) in [5.74, 6) is -0.595. The lowest BCUT2D eigenvalue weighted by Crippen LogP contribution is -2.23. The van der Waals surface area contributed by atoms with Crippen LogP contribution in [0.3, 0.4) is 0 Å². The first-order valence-corrected chi connectivity index (χ1v) is 6.77. The molecule has 7 heteroatoms. The minimum Gasteiger partial charge on any atom is -0.445 e. The topological polar surface area (TPSA) is 111 Å². The Morgan fingerprint density at radius 3 is 2.57 bits per heavy atom. The zero-order valence-corrected chi connectivity index (χ0v) is 12.2. The van der Waals surface area contributed by atoms with E-state index in [0.717, 1.165) is 11.8 Å². The summed E-state index contributed by atoms with van der Waals surface area (Å²) in [4.78, 5) is 37.1. The van der Waals surface area contributed by atoms with Crippen molar-refractivity contribution < 1.29 is 19.1 Å². The van der Waals surface area contributed by atoms with Gasteiger partial charge in [-0.3, -0.25) is 14.6 Å². The van der Waals surface area contributed by atoms with Gasteiger partial charge in [-0.05, 0) is 11.6 Å². The maximum Gasteiger partial charge on any atom is 0.407 e. The van der Waals surface area contributed by atoms with Gasteiger partial charge in [-0.2, -0.15) is 0 Å². The van der Waals surface area contributed by atoms with Gasteiger partial charge >= 0.3 is 6.09 Å². The van der Waals surface area contributed by atoms with Crippen LogP contribution in [0.1, 0.15) is 31.8 Å². The number of alkyl carbamates (subject to hydrolysis) is 1. The van der Waals surface area contributed by atoms with Gasteiger partial charge in [0, 0.05) is 30.1 Å². The number of rotatable bonds is 6. The molecule has 0 spiro atoms. The van der Waals surface area contributed by atoms with E-state index < -0.39 is 12.0 Å². The van der Waals surface area contributed by atoms with Crippen molar-refractivity contribution >= 4 is 18.3 Å². The fourth-order valence-electron chi connectivity index (χ4n) is 1.79. The fourth-order valence-corrected chi connectivity index (χ4v) is 1.79. The molecule has 0 radical (unpaired) electrons. The molecular formula is C16H15N3O4. The number of aldehydes is 1. The van der Waals surface area contributed by atoms with Gasteiger partial charge < -0.3 is 15.8 Å². The van der Waals surface area contributed by atoms with Crippen LogP contribution in [0, 0.1) is 0 Å². The van der Waals surface area contributed by atoms with Crippen LogP contribution in [0.15, 0.2) is 42.7 Å². The Labute approximate surface area is 132 Å². The first-order valence-electron chi connectivity index (χ1n) is 6.77. The highest BCUT2D eigenvalue weighted by Crippen LogP contribution is 2.05. The molecule has 118 valence electrons. The summed E-state index contributed by atoms with van der Waals surface area (Å²) >= 11 is 0. The number of nitrogens with zero attached hydrogens (tertiary/aromatic N) is 1. The highest BCUT2D eigenvalue weighted by molar-refractivity contribution is 5.92. The molecule has 3 N–H and O–H groups in total. The molecule has 1 aromatic heterocycles. The van der Waals surface area contributed by atoms with Gasteiger partial charge in [0.05, 0.1) is 5.56 Å². The maximum atomic E-state index is 11.6. The van der Waals surface area contributed by atoms with Crippen LogP contribution < -0.4 is 11.1 Å². The summed E-state index contributed by atoms with van der Waals surface area (Å²) in [6, 6.07) is 8.32. The lowest BCUT2D eigenvalue weighted by Gasteiger charge is -2.07. The van der Waals surface area contributed by atoms with E-state index in [1.54, 1.807) is 24.3 Å². The fraction of sp³-hybridized carbons (Fsp3) is 0.125. The van der Waals surface area contributed by atoms with Gasteiger partial charge in [0.15, 0.2) is 0 Å². The Morgan fingerprint density at radius 1 is 1.17 bits per heavy atom. The number of pyridine rings is 1. The van der Waals surface area contributed by atoms with Crippen molar-refractivity contribution in [3.8, 4) is 0 Å².